The van der Waals surface area contributed by atoms with Gasteiger partial charge in [-0.2, -0.15) is 0 Å². The quantitative estimate of drug-likeness (QED) is 0.443. The second kappa shape index (κ2) is 5.52. The summed E-state index contributed by atoms with van der Waals surface area (Å²) in [7, 11) is 6.48. The maximum atomic E-state index is 8.40. The van der Waals surface area contributed by atoms with E-state index < -0.39 is 0 Å². The van der Waals surface area contributed by atoms with Gasteiger partial charge in [0.05, 0.1) is 47.5 Å². The standard InChI is InChI=1S/C8H20NO2/c1-9(2,3)5-4-7-11-8-6-10/h10H,4-8H2,1-3H3/q+1. The molecular formula is C8H20NO2+. The normalized spacial score (nSPS) is 12.0. The first-order valence-electron chi connectivity index (χ1n) is 4.05. The summed E-state index contributed by atoms with van der Waals surface area (Å²) in [6.45, 7) is 2.48. The Hall–Kier alpha value is -0.120. The molecule has 1 N–H and O–H groups in total. The van der Waals surface area contributed by atoms with Crippen molar-refractivity contribution >= 4 is 0 Å². The minimum absolute atomic E-state index is 0.129. The molecule has 0 unspecified atom stereocenters. The Kier molecular flexibility index (Phi) is 5.46. The Morgan fingerprint density at radius 1 is 1.18 bits per heavy atom. The van der Waals surface area contributed by atoms with Crippen LogP contribution in [0.5, 0.6) is 0 Å². The Labute approximate surface area is 69.2 Å². The molecule has 0 aliphatic carbocycles. The summed E-state index contributed by atoms with van der Waals surface area (Å²) in [5.41, 5.74) is 0. The summed E-state index contributed by atoms with van der Waals surface area (Å²) >= 11 is 0. The first-order chi connectivity index (χ1) is 5.06. The van der Waals surface area contributed by atoms with E-state index in [2.05, 4.69) is 21.1 Å². The van der Waals surface area contributed by atoms with Gasteiger partial charge in [0.2, 0.25) is 0 Å². The van der Waals surface area contributed by atoms with Crippen LogP contribution in [0, 0.1) is 0 Å². The Morgan fingerprint density at radius 2 is 1.82 bits per heavy atom. The van der Waals surface area contributed by atoms with E-state index in [-0.39, 0.29) is 6.61 Å². The van der Waals surface area contributed by atoms with E-state index in [1.165, 1.54) is 0 Å². The van der Waals surface area contributed by atoms with Crippen molar-refractivity contribution in [2.24, 2.45) is 0 Å². The molecule has 0 saturated heterocycles. The summed E-state index contributed by atoms with van der Waals surface area (Å²) in [4.78, 5) is 0. The van der Waals surface area contributed by atoms with E-state index in [1.54, 1.807) is 0 Å². The molecule has 0 aliphatic heterocycles. The summed E-state index contributed by atoms with van der Waals surface area (Å²) < 4.78 is 6.09. The summed E-state index contributed by atoms with van der Waals surface area (Å²) in [5.74, 6) is 0. The number of ether oxygens (including phenoxy) is 1. The lowest BCUT2D eigenvalue weighted by Gasteiger charge is -2.23. The third-order valence-electron chi connectivity index (χ3n) is 1.35. The highest BCUT2D eigenvalue weighted by molar-refractivity contribution is 4.34. The van der Waals surface area contributed by atoms with Crippen LogP contribution in [0.25, 0.3) is 0 Å². The van der Waals surface area contributed by atoms with Crippen molar-refractivity contribution in [1.29, 1.82) is 0 Å². The molecule has 0 aliphatic rings. The molecule has 68 valence electrons. The molecule has 0 aromatic heterocycles. The average Bonchev–Trinajstić information content (AvgIpc) is 1.85. The van der Waals surface area contributed by atoms with Crippen LogP contribution in [0.2, 0.25) is 0 Å². The van der Waals surface area contributed by atoms with Crippen molar-refractivity contribution in [1.82, 2.24) is 0 Å². The molecule has 3 nitrogen and oxygen atoms in total. The van der Waals surface area contributed by atoms with Crippen molar-refractivity contribution in [3.05, 3.63) is 0 Å². The molecule has 0 radical (unpaired) electrons. The molecule has 3 heteroatoms. The lowest BCUT2D eigenvalue weighted by molar-refractivity contribution is -0.870. The topological polar surface area (TPSA) is 29.5 Å². The number of nitrogens with zero attached hydrogens (tertiary/aromatic N) is 1. The average molecular weight is 162 g/mol. The van der Waals surface area contributed by atoms with Crippen LogP contribution < -0.4 is 0 Å². The van der Waals surface area contributed by atoms with Gasteiger partial charge in [-0.25, -0.2) is 0 Å². The van der Waals surface area contributed by atoms with Crippen LogP contribution >= 0.6 is 0 Å². The van der Waals surface area contributed by atoms with Crippen LogP contribution in [0.3, 0.4) is 0 Å². The van der Waals surface area contributed by atoms with E-state index in [0.29, 0.717) is 6.61 Å². The van der Waals surface area contributed by atoms with Crippen LogP contribution in [0.15, 0.2) is 0 Å². The van der Waals surface area contributed by atoms with Gasteiger partial charge in [-0.3, -0.25) is 0 Å². The van der Waals surface area contributed by atoms with Crippen LogP contribution in [-0.4, -0.2) is 57.1 Å². The maximum Gasteiger partial charge on any atom is 0.0802 e. The molecule has 0 spiro atoms. The fraction of sp³-hybridized carbons (Fsp3) is 1.00. The number of aliphatic hydroxyl groups excluding tert-OH is 1. The zero-order valence-electron chi connectivity index (χ0n) is 7.84. The van der Waals surface area contributed by atoms with Crippen molar-refractivity contribution < 1.29 is 14.3 Å². The zero-order valence-corrected chi connectivity index (χ0v) is 7.84. The lowest BCUT2D eigenvalue weighted by atomic mass is 10.4. The molecule has 0 rings (SSSR count). The number of quaternary nitrogens is 1. The number of hydrogen-bond donors (Lipinski definition) is 1. The largest absolute Gasteiger partial charge is 0.394 e. The van der Waals surface area contributed by atoms with E-state index in [4.69, 9.17) is 9.84 Å². The highest BCUT2D eigenvalue weighted by Crippen LogP contribution is 1.93. The summed E-state index contributed by atoms with van der Waals surface area (Å²) in [6, 6.07) is 0. The fourth-order valence-electron chi connectivity index (χ4n) is 0.808. The third-order valence-corrected chi connectivity index (χ3v) is 1.35. The SMILES string of the molecule is C[N+](C)(C)CCCOCCO. The highest BCUT2D eigenvalue weighted by Gasteiger charge is 2.04. The van der Waals surface area contributed by atoms with E-state index in [1.807, 2.05) is 0 Å². The van der Waals surface area contributed by atoms with Crippen molar-refractivity contribution in [3.63, 3.8) is 0 Å². The molecule has 0 amide bonds. The minimum atomic E-state index is 0.129. The van der Waals surface area contributed by atoms with Gasteiger partial charge in [0, 0.05) is 6.42 Å². The maximum absolute atomic E-state index is 8.40. The zero-order chi connectivity index (χ0) is 8.74. The third kappa shape index (κ3) is 9.88. The van der Waals surface area contributed by atoms with E-state index >= 15 is 0 Å². The first-order valence-corrected chi connectivity index (χ1v) is 4.05. The molecule has 0 saturated carbocycles. The van der Waals surface area contributed by atoms with E-state index in [0.717, 1.165) is 24.1 Å². The Balaban J connectivity index is 3.02. The molecule has 0 heterocycles. The molecule has 0 bridgehead atoms. The summed E-state index contributed by atoms with van der Waals surface area (Å²) in [5, 5.41) is 8.40. The Morgan fingerprint density at radius 3 is 2.27 bits per heavy atom. The molecule has 0 aromatic carbocycles. The number of hydrogen-bond acceptors (Lipinski definition) is 2. The molecule has 0 fully saturated rings. The van der Waals surface area contributed by atoms with Gasteiger partial charge in [0.15, 0.2) is 0 Å². The van der Waals surface area contributed by atoms with Gasteiger partial charge in [-0.1, -0.05) is 0 Å². The predicted molar refractivity (Wildman–Crippen MR) is 45.4 cm³/mol. The van der Waals surface area contributed by atoms with Crippen LogP contribution in [0.4, 0.5) is 0 Å². The highest BCUT2D eigenvalue weighted by atomic mass is 16.5. The van der Waals surface area contributed by atoms with Crippen LogP contribution in [0.1, 0.15) is 6.42 Å². The fourth-order valence-corrected chi connectivity index (χ4v) is 0.808. The van der Waals surface area contributed by atoms with Gasteiger partial charge in [-0.15, -0.1) is 0 Å². The van der Waals surface area contributed by atoms with Crippen molar-refractivity contribution in [2.75, 3.05) is 47.5 Å². The molecular weight excluding hydrogens is 142 g/mol. The van der Waals surface area contributed by atoms with Crippen molar-refractivity contribution in [2.45, 2.75) is 6.42 Å². The lowest BCUT2D eigenvalue weighted by Crippen LogP contribution is -2.35. The van der Waals surface area contributed by atoms with Crippen molar-refractivity contribution in [3.8, 4) is 0 Å². The second-order valence-corrected chi connectivity index (χ2v) is 3.70. The van der Waals surface area contributed by atoms with E-state index in [9.17, 15) is 0 Å². The smallest absolute Gasteiger partial charge is 0.0802 e. The monoisotopic (exact) mass is 162 g/mol. The van der Waals surface area contributed by atoms with Crippen LogP contribution in [-0.2, 0) is 4.74 Å². The second-order valence-electron chi connectivity index (χ2n) is 3.70. The van der Waals surface area contributed by atoms with Gasteiger partial charge < -0.3 is 14.3 Å². The van der Waals surface area contributed by atoms with Gasteiger partial charge in [-0.05, 0) is 0 Å². The number of rotatable bonds is 6. The molecule has 0 aromatic rings. The molecule has 0 atom stereocenters. The minimum Gasteiger partial charge on any atom is -0.394 e. The predicted octanol–water partition coefficient (Wildman–Crippen LogP) is 0.0916. The van der Waals surface area contributed by atoms with Gasteiger partial charge >= 0.3 is 0 Å². The Bertz CT molecular complexity index is 88.6. The molecule has 11 heavy (non-hydrogen) atoms. The van der Waals surface area contributed by atoms with Gasteiger partial charge in [0.1, 0.15) is 0 Å². The van der Waals surface area contributed by atoms with Gasteiger partial charge in [0.25, 0.3) is 0 Å². The number of aliphatic hydroxyl groups is 1. The first kappa shape index (κ1) is 10.9. The summed E-state index contributed by atoms with van der Waals surface area (Å²) in [6.07, 6.45) is 1.06.